The third-order valence-corrected chi connectivity index (χ3v) is 9.10. The van der Waals surface area contributed by atoms with Gasteiger partial charge in [-0.2, -0.15) is 0 Å². The second kappa shape index (κ2) is 20.4. The Kier molecular flexibility index (Phi) is 17.4. The summed E-state index contributed by atoms with van der Waals surface area (Å²) in [6.07, 6.45) is -24.9. The third-order valence-electron chi connectivity index (χ3n) is 9.10. The summed E-state index contributed by atoms with van der Waals surface area (Å²) in [5.41, 5.74) is 2.04. The van der Waals surface area contributed by atoms with Crippen molar-refractivity contribution in [2.45, 2.75) is 204 Å². The summed E-state index contributed by atoms with van der Waals surface area (Å²) in [6.45, 7) is 18.5. The molecular weight excluding hydrogens is 814 g/mol. The molecule has 0 aromatic rings. The third kappa shape index (κ3) is 15.7. The van der Waals surface area contributed by atoms with E-state index in [2.05, 4.69) is 21.3 Å². The quantitative estimate of drug-likeness (QED) is 0.116. The van der Waals surface area contributed by atoms with Gasteiger partial charge in [0.2, 0.25) is 0 Å². The Labute approximate surface area is 355 Å². The average Bonchev–Trinajstić information content (AvgIpc) is 3.07. The summed E-state index contributed by atoms with van der Waals surface area (Å²) < 4.78 is 45.4. The summed E-state index contributed by atoms with van der Waals surface area (Å²) in [4.78, 5) is 51.7. The molecule has 3 fully saturated rings. The first kappa shape index (κ1) is 52.0. The topological polar surface area (TPSA) is 338 Å². The van der Waals surface area contributed by atoms with Crippen molar-refractivity contribution < 1.29 is 87.7 Å². The molecule has 15 atom stereocenters. The molecule has 0 spiro atoms. The fourth-order valence-electron chi connectivity index (χ4n) is 6.62. The maximum atomic E-state index is 13.3. The molecule has 0 radical (unpaired) electrons. The van der Waals surface area contributed by atoms with E-state index in [0.717, 1.165) is 0 Å². The van der Waals surface area contributed by atoms with Crippen molar-refractivity contribution >= 4 is 24.4 Å². The molecule has 23 nitrogen and oxygen atoms in total. The van der Waals surface area contributed by atoms with Gasteiger partial charge in [-0.1, -0.05) is 0 Å². The number of carbonyl (C=O) groups excluding carboxylic acids is 4. The van der Waals surface area contributed by atoms with Crippen LogP contribution < -0.4 is 27.0 Å². The molecule has 3 aliphatic rings. The van der Waals surface area contributed by atoms with Crippen molar-refractivity contribution in [2.75, 3.05) is 13.1 Å². The van der Waals surface area contributed by atoms with Crippen molar-refractivity contribution in [2.24, 2.45) is 5.73 Å². The van der Waals surface area contributed by atoms with Crippen LogP contribution in [0.1, 0.15) is 89.5 Å². The van der Waals surface area contributed by atoms with E-state index < -0.39 is 145 Å². The van der Waals surface area contributed by atoms with Gasteiger partial charge in [-0.05, 0) is 89.5 Å². The molecular formula is C38H69N5O18. The Morgan fingerprint density at radius 3 is 1.34 bits per heavy atom. The molecule has 0 aromatic heterocycles. The number of nitrogens with two attached hydrogens (primary N) is 1. The number of amides is 4. The molecule has 2 heterocycles. The van der Waals surface area contributed by atoms with Crippen LogP contribution in [0.25, 0.3) is 0 Å². The van der Waals surface area contributed by atoms with Crippen LogP contribution in [0.5, 0.6) is 0 Å². The number of aliphatic hydroxyl groups is 6. The molecule has 23 heteroatoms. The molecule has 2 saturated heterocycles. The number of rotatable bonds is 10. The molecule has 12 N–H and O–H groups in total. The molecule has 1 saturated carbocycles. The number of aliphatic hydroxyl groups excluding tert-OH is 6. The van der Waals surface area contributed by atoms with Gasteiger partial charge in [-0.25, -0.2) is 19.2 Å². The fraction of sp³-hybridized carbons (Fsp3) is 0.895. The van der Waals surface area contributed by atoms with Gasteiger partial charge in [-0.15, -0.1) is 0 Å². The highest BCUT2D eigenvalue weighted by molar-refractivity contribution is 5.70. The van der Waals surface area contributed by atoms with Crippen LogP contribution in [0.2, 0.25) is 0 Å². The molecule has 61 heavy (non-hydrogen) atoms. The van der Waals surface area contributed by atoms with Crippen LogP contribution in [0.15, 0.2) is 0 Å². The lowest BCUT2D eigenvalue weighted by Crippen LogP contribution is -2.70. The van der Waals surface area contributed by atoms with E-state index in [9.17, 15) is 49.8 Å². The highest BCUT2D eigenvalue weighted by Crippen LogP contribution is 2.33. The number of carbonyl (C=O) groups is 4. The number of alkyl carbamates (subject to hydrolysis) is 4. The van der Waals surface area contributed by atoms with Gasteiger partial charge in [-0.3, -0.25) is 0 Å². The number of ether oxygens (including phenoxy) is 8. The minimum atomic E-state index is -1.98. The van der Waals surface area contributed by atoms with Crippen LogP contribution in [-0.4, -0.2) is 182 Å². The van der Waals surface area contributed by atoms with E-state index in [0.29, 0.717) is 0 Å². The summed E-state index contributed by atoms with van der Waals surface area (Å²) in [6, 6.07) is -4.13. The molecule has 1 aliphatic carbocycles. The van der Waals surface area contributed by atoms with Crippen molar-refractivity contribution in [3.8, 4) is 0 Å². The van der Waals surface area contributed by atoms with E-state index >= 15 is 0 Å². The summed E-state index contributed by atoms with van der Waals surface area (Å²) in [5.74, 6) is 0. The summed E-state index contributed by atoms with van der Waals surface area (Å²) in [7, 11) is 0. The lowest BCUT2D eigenvalue weighted by molar-refractivity contribution is -0.332. The smallest absolute Gasteiger partial charge is 0.408 e. The van der Waals surface area contributed by atoms with E-state index in [1.807, 2.05) is 0 Å². The highest BCUT2D eigenvalue weighted by Gasteiger charge is 2.54. The zero-order valence-corrected chi connectivity index (χ0v) is 36.9. The molecule has 9 unspecified atom stereocenters. The van der Waals surface area contributed by atoms with Gasteiger partial charge in [0.1, 0.15) is 83.4 Å². The van der Waals surface area contributed by atoms with Gasteiger partial charge < -0.3 is 95.5 Å². The van der Waals surface area contributed by atoms with Gasteiger partial charge in [0.05, 0.1) is 18.1 Å². The largest absolute Gasteiger partial charge is 0.444 e. The molecule has 4 amide bonds. The average molecular weight is 884 g/mol. The Hall–Kier alpha value is -3.36. The van der Waals surface area contributed by atoms with Gasteiger partial charge in [0, 0.05) is 13.1 Å². The molecule has 354 valence electrons. The molecule has 3 rings (SSSR count). The first-order valence-electron chi connectivity index (χ1n) is 20.1. The Morgan fingerprint density at radius 2 is 0.918 bits per heavy atom. The van der Waals surface area contributed by atoms with E-state index in [1.165, 1.54) is 0 Å². The number of nitrogens with one attached hydrogen (secondary N) is 4. The van der Waals surface area contributed by atoms with E-state index in [1.54, 1.807) is 83.1 Å². The summed E-state index contributed by atoms with van der Waals surface area (Å²) >= 11 is 0. The molecule has 0 bridgehead atoms. The maximum absolute atomic E-state index is 13.3. The van der Waals surface area contributed by atoms with Crippen molar-refractivity contribution in [3.05, 3.63) is 0 Å². The normalized spacial score (nSPS) is 35.0. The highest BCUT2D eigenvalue weighted by atomic mass is 16.7. The van der Waals surface area contributed by atoms with Crippen molar-refractivity contribution in [3.63, 3.8) is 0 Å². The number of hydrogen-bond donors (Lipinski definition) is 11. The number of hydrogen-bond acceptors (Lipinski definition) is 19. The second-order valence-corrected chi connectivity index (χ2v) is 19.3. The lowest BCUT2D eigenvalue weighted by atomic mass is 9.83. The fourth-order valence-corrected chi connectivity index (χ4v) is 6.62. The van der Waals surface area contributed by atoms with Crippen molar-refractivity contribution in [1.82, 2.24) is 21.3 Å². The monoisotopic (exact) mass is 883 g/mol. The van der Waals surface area contributed by atoms with Crippen LogP contribution >= 0.6 is 0 Å². The molecule has 2 aliphatic heterocycles. The van der Waals surface area contributed by atoms with Crippen LogP contribution in [0.3, 0.4) is 0 Å². The zero-order chi connectivity index (χ0) is 46.6. The lowest BCUT2D eigenvalue weighted by Gasteiger charge is -2.49. The summed E-state index contributed by atoms with van der Waals surface area (Å²) in [5, 5.41) is 77.5. The van der Waals surface area contributed by atoms with Crippen LogP contribution in [0, 0.1) is 0 Å². The minimum Gasteiger partial charge on any atom is -0.444 e. The van der Waals surface area contributed by atoms with Gasteiger partial charge in [0.25, 0.3) is 0 Å². The molecule has 0 aromatic carbocycles. The maximum Gasteiger partial charge on any atom is 0.408 e. The predicted molar refractivity (Wildman–Crippen MR) is 210 cm³/mol. The first-order valence-corrected chi connectivity index (χ1v) is 20.1. The Bertz CT molecular complexity index is 1480. The van der Waals surface area contributed by atoms with Gasteiger partial charge in [0.15, 0.2) is 12.6 Å². The SMILES string of the molecule is CC(C)(C)OC(=O)NCC1O[C@H](O[C@@H]2C(NC(=O)OC(C)(C)C)C[C@@H](NC(=O)OC(C)(C)C)C(OC3O[C@H](CN)C(O)C(NC(=O)OC(C)(C)C)[C@H]3O)C2O)C(O)C(O)[C@@H]1O. The standard InChI is InChI=1S/C38H69N5O18/c1-35(2,3)58-31(50)40-15-19-22(45)24(47)25(48)30(55-19)57-28-17(42-33(52)60-37(7,8)9)13-16(41-32(51)59-36(4,5)6)27(26(28)49)56-29-23(46)20(21(44)18(14-39)54-29)43-34(53)61-38(10,11)12/h16-30,44-49H,13-15,39H2,1-12H3,(H,40,50)(H,41,51)(H,42,52)(H,43,53)/t16-,17?,18-,19?,20?,21?,22-,23-,24?,25?,26?,27?,28-,29?,30-/m1/s1. The predicted octanol–water partition coefficient (Wildman–Crippen LogP) is -1.06. The van der Waals surface area contributed by atoms with Crippen molar-refractivity contribution in [1.29, 1.82) is 0 Å². The van der Waals surface area contributed by atoms with E-state index in [-0.39, 0.29) is 13.0 Å². The van der Waals surface area contributed by atoms with Crippen LogP contribution in [0.4, 0.5) is 19.2 Å². The van der Waals surface area contributed by atoms with Crippen LogP contribution in [-0.2, 0) is 37.9 Å². The Morgan fingerprint density at radius 1 is 0.525 bits per heavy atom. The first-order chi connectivity index (χ1) is 27.8. The van der Waals surface area contributed by atoms with Gasteiger partial charge >= 0.3 is 24.4 Å². The Balaban J connectivity index is 2.05. The minimum absolute atomic E-state index is 0.338. The zero-order valence-electron chi connectivity index (χ0n) is 36.9. The second-order valence-electron chi connectivity index (χ2n) is 19.3. The van der Waals surface area contributed by atoms with E-state index in [4.69, 9.17) is 43.6 Å².